The lowest BCUT2D eigenvalue weighted by atomic mass is 10.3. The lowest BCUT2D eigenvalue weighted by Crippen LogP contribution is -2.23. The van der Waals surface area contributed by atoms with Gasteiger partial charge >= 0.3 is 6.61 Å². The number of para-hydroxylation sites is 2. The van der Waals surface area contributed by atoms with E-state index in [-0.39, 0.29) is 17.3 Å². The Hall–Kier alpha value is -1.86. The number of thioether (sulfide) groups is 1. The SMILES string of the molecule is CC(Sc1ncccc1Cl)C(=O)Nc1ccccc1OC(F)F. The number of pyridine rings is 1. The molecule has 2 rings (SSSR count). The number of carbonyl (C=O) groups is 1. The van der Waals surface area contributed by atoms with Crippen LogP contribution in [-0.2, 0) is 4.79 Å². The third-order valence-corrected chi connectivity index (χ3v) is 4.28. The van der Waals surface area contributed by atoms with E-state index in [0.717, 1.165) is 0 Å². The van der Waals surface area contributed by atoms with Crippen molar-refractivity contribution >= 4 is 35.0 Å². The molecule has 0 saturated heterocycles. The summed E-state index contributed by atoms with van der Waals surface area (Å²) in [6, 6.07) is 9.36. The molecule has 0 aliphatic carbocycles. The highest BCUT2D eigenvalue weighted by Gasteiger charge is 2.19. The van der Waals surface area contributed by atoms with Crippen LogP contribution in [0.25, 0.3) is 0 Å². The number of nitrogens with zero attached hydrogens (tertiary/aromatic N) is 1. The second-order valence-electron chi connectivity index (χ2n) is 4.41. The summed E-state index contributed by atoms with van der Waals surface area (Å²) in [5.74, 6) is -0.467. The van der Waals surface area contributed by atoms with Gasteiger partial charge in [-0.15, -0.1) is 0 Å². The van der Waals surface area contributed by atoms with Gasteiger partial charge < -0.3 is 10.1 Å². The molecule has 1 amide bonds. The van der Waals surface area contributed by atoms with Crippen molar-refractivity contribution in [3.05, 3.63) is 47.6 Å². The largest absolute Gasteiger partial charge is 0.433 e. The van der Waals surface area contributed by atoms with E-state index >= 15 is 0 Å². The molecule has 1 aromatic heterocycles. The molecule has 0 saturated carbocycles. The molecule has 122 valence electrons. The van der Waals surface area contributed by atoms with Gasteiger partial charge in [-0.05, 0) is 31.2 Å². The first-order valence-electron chi connectivity index (χ1n) is 6.59. The number of alkyl halides is 2. The molecule has 0 bridgehead atoms. The second kappa shape index (κ2) is 8.12. The van der Waals surface area contributed by atoms with E-state index in [1.807, 2.05) is 0 Å². The molecule has 0 aliphatic heterocycles. The monoisotopic (exact) mass is 358 g/mol. The zero-order chi connectivity index (χ0) is 16.8. The number of hydrogen-bond acceptors (Lipinski definition) is 4. The first-order valence-corrected chi connectivity index (χ1v) is 7.85. The highest BCUT2D eigenvalue weighted by molar-refractivity contribution is 8.00. The first-order chi connectivity index (χ1) is 11.0. The van der Waals surface area contributed by atoms with Crippen LogP contribution in [0, 0.1) is 0 Å². The number of carbonyl (C=O) groups excluding carboxylic acids is 1. The molecule has 1 N–H and O–H groups in total. The predicted octanol–water partition coefficient (Wildman–Crippen LogP) is 4.46. The van der Waals surface area contributed by atoms with Gasteiger partial charge in [-0.25, -0.2) is 4.98 Å². The van der Waals surface area contributed by atoms with Gasteiger partial charge in [0.05, 0.1) is 16.0 Å². The van der Waals surface area contributed by atoms with Gasteiger partial charge in [-0.2, -0.15) is 8.78 Å². The third-order valence-electron chi connectivity index (χ3n) is 2.74. The Morgan fingerprint density at radius 1 is 1.30 bits per heavy atom. The topological polar surface area (TPSA) is 51.2 Å². The zero-order valence-electron chi connectivity index (χ0n) is 12.0. The van der Waals surface area contributed by atoms with Crippen LogP contribution >= 0.6 is 23.4 Å². The van der Waals surface area contributed by atoms with Gasteiger partial charge in [-0.3, -0.25) is 4.79 Å². The minimum Gasteiger partial charge on any atom is -0.433 e. The molecule has 23 heavy (non-hydrogen) atoms. The number of rotatable bonds is 6. The van der Waals surface area contributed by atoms with Crippen LogP contribution in [0.15, 0.2) is 47.6 Å². The van der Waals surface area contributed by atoms with E-state index in [2.05, 4.69) is 15.0 Å². The highest BCUT2D eigenvalue weighted by atomic mass is 35.5. The van der Waals surface area contributed by atoms with Gasteiger partial charge in [0.15, 0.2) is 0 Å². The van der Waals surface area contributed by atoms with Crippen LogP contribution < -0.4 is 10.1 Å². The van der Waals surface area contributed by atoms with Gasteiger partial charge in [-0.1, -0.05) is 35.5 Å². The summed E-state index contributed by atoms with van der Waals surface area (Å²) in [7, 11) is 0. The molecule has 0 fully saturated rings. The van der Waals surface area contributed by atoms with Crippen molar-refractivity contribution in [2.75, 3.05) is 5.32 Å². The standard InChI is InChI=1S/C15H13ClF2N2O2S/c1-9(23-14-10(16)5-4-8-19-14)13(21)20-11-6-2-3-7-12(11)22-15(17)18/h2-9,15H,1H3,(H,20,21). The maximum atomic E-state index is 12.4. The molecule has 1 aromatic carbocycles. The number of halogens is 3. The van der Waals surface area contributed by atoms with Crippen LogP contribution in [0.4, 0.5) is 14.5 Å². The molecule has 1 unspecified atom stereocenters. The van der Waals surface area contributed by atoms with Crippen molar-refractivity contribution in [3.63, 3.8) is 0 Å². The fraction of sp³-hybridized carbons (Fsp3) is 0.200. The normalized spacial score (nSPS) is 12.0. The summed E-state index contributed by atoms with van der Waals surface area (Å²) in [6.45, 7) is -1.30. The van der Waals surface area contributed by atoms with Crippen LogP contribution in [0.1, 0.15) is 6.92 Å². The third kappa shape index (κ3) is 5.07. The maximum absolute atomic E-state index is 12.4. The van der Waals surface area contributed by atoms with Crippen molar-refractivity contribution in [1.82, 2.24) is 4.98 Å². The summed E-state index contributed by atoms with van der Waals surface area (Å²) in [5.41, 5.74) is 0.178. The fourth-order valence-corrected chi connectivity index (χ4v) is 2.74. The quantitative estimate of drug-likeness (QED) is 0.775. The number of anilines is 1. The molecule has 2 aromatic rings. The van der Waals surface area contributed by atoms with Crippen molar-refractivity contribution in [2.24, 2.45) is 0 Å². The summed E-state index contributed by atoms with van der Waals surface area (Å²) >= 11 is 7.17. The van der Waals surface area contributed by atoms with Crippen molar-refractivity contribution in [2.45, 2.75) is 23.8 Å². The molecule has 0 spiro atoms. The number of nitrogens with one attached hydrogen (secondary N) is 1. The zero-order valence-corrected chi connectivity index (χ0v) is 13.6. The lowest BCUT2D eigenvalue weighted by Gasteiger charge is -2.15. The molecule has 0 radical (unpaired) electrons. The minimum absolute atomic E-state index is 0.0936. The van der Waals surface area contributed by atoms with Gasteiger partial charge in [0.25, 0.3) is 0 Å². The van der Waals surface area contributed by atoms with Crippen LogP contribution in [-0.4, -0.2) is 22.8 Å². The van der Waals surface area contributed by atoms with E-state index in [9.17, 15) is 13.6 Å². The molecule has 1 atom stereocenters. The Morgan fingerprint density at radius 2 is 2.04 bits per heavy atom. The fourth-order valence-electron chi connectivity index (χ4n) is 1.68. The summed E-state index contributed by atoms with van der Waals surface area (Å²) in [6.07, 6.45) is 1.57. The Bertz CT molecular complexity index is 688. The Kier molecular flexibility index (Phi) is 6.18. The number of ether oxygens (including phenoxy) is 1. The Balaban J connectivity index is 2.05. The first kappa shape index (κ1) is 17.5. The van der Waals surface area contributed by atoms with Crippen LogP contribution in [0.2, 0.25) is 5.02 Å². The number of aromatic nitrogens is 1. The highest BCUT2D eigenvalue weighted by Crippen LogP contribution is 2.30. The molecule has 1 heterocycles. The number of benzene rings is 1. The Labute approximate surface area is 141 Å². The maximum Gasteiger partial charge on any atom is 0.387 e. The number of hydrogen-bond donors (Lipinski definition) is 1. The molecular formula is C15H13ClF2N2O2S. The van der Waals surface area contributed by atoms with Crippen LogP contribution in [0.3, 0.4) is 0 Å². The molecule has 4 nitrogen and oxygen atoms in total. The average Bonchev–Trinajstić information content (AvgIpc) is 2.51. The summed E-state index contributed by atoms with van der Waals surface area (Å²) < 4.78 is 29.1. The average molecular weight is 359 g/mol. The van der Waals surface area contributed by atoms with Crippen molar-refractivity contribution in [3.8, 4) is 5.75 Å². The molecule has 0 aliphatic rings. The van der Waals surface area contributed by atoms with Gasteiger partial charge in [0, 0.05) is 6.20 Å². The molecule has 8 heteroatoms. The van der Waals surface area contributed by atoms with E-state index in [1.165, 1.54) is 23.9 Å². The van der Waals surface area contributed by atoms with E-state index in [1.54, 1.807) is 37.4 Å². The van der Waals surface area contributed by atoms with Gasteiger partial charge in [0.1, 0.15) is 10.8 Å². The molecular weight excluding hydrogens is 346 g/mol. The number of amides is 1. The summed E-state index contributed by atoms with van der Waals surface area (Å²) in [4.78, 5) is 16.3. The smallest absolute Gasteiger partial charge is 0.387 e. The lowest BCUT2D eigenvalue weighted by molar-refractivity contribution is -0.115. The van der Waals surface area contributed by atoms with Crippen molar-refractivity contribution < 1.29 is 18.3 Å². The summed E-state index contributed by atoms with van der Waals surface area (Å²) in [5, 5.41) is 3.01. The van der Waals surface area contributed by atoms with Gasteiger partial charge in [0.2, 0.25) is 5.91 Å². The van der Waals surface area contributed by atoms with E-state index < -0.39 is 11.9 Å². The Morgan fingerprint density at radius 3 is 2.74 bits per heavy atom. The van der Waals surface area contributed by atoms with Crippen LogP contribution in [0.5, 0.6) is 5.75 Å². The second-order valence-corrected chi connectivity index (χ2v) is 6.15. The minimum atomic E-state index is -2.97. The van der Waals surface area contributed by atoms with E-state index in [0.29, 0.717) is 10.0 Å². The van der Waals surface area contributed by atoms with E-state index in [4.69, 9.17) is 11.6 Å². The predicted molar refractivity (Wildman–Crippen MR) is 86.3 cm³/mol. The van der Waals surface area contributed by atoms with Crippen molar-refractivity contribution in [1.29, 1.82) is 0 Å².